The number of thiocarbonyl (C=S) groups is 1. The van der Waals surface area contributed by atoms with E-state index >= 15 is 0 Å². The van der Waals surface area contributed by atoms with Crippen LogP contribution in [-0.2, 0) is 0 Å². The van der Waals surface area contributed by atoms with Gasteiger partial charge >= 0.3 is 6.36 Å². The Kier molecular flexibility index (Phi) is 6.31. The van der Waals surface area contributed by atoms with Crippen LogP contribution in [0.15, 0.2) is 65.7 Å². The molecule has 0 fully saturated rings. The largest absolute Gasteiger partial charge is 0.573 e. The second-order valence-corrected chi connectivity index (χ2v) is 6.40. The maximum absolute atomic E-state index is 14.5. The highest BCUT2D eigenvalue weighted by Gasteiger charge is 2.30. The van der Waals surface area contributed by atoms with Crippen LogP contribution < -0.4 is 4.74 Å². The standard InChI is InChI=1S/C23H13F4NOS/c1-15-12-16(3-11-22(15)28-14-30)2-4-18-5-6-19(13-21(18)24)17-7-9-20(10-8-17)29-23(25,26)27/h3,5-13H,1H3. The Balaban J connectivity index is 1.80. The SMILES string of the molecule is Cc1cc(C#Cc2ccc(-c3ccc(OC(F)(F)F)cc3)cc2F)ccc1N=C=S. The predicted molar refractivity (Wildman–Crippen MR) is 110 cm³/mol. The molecule has 0 aliphatic carbocycles. The topological polar surface area (TPSA) is 21.6 Å². The minimum atomic E-state index is -4.76. The summed E-state index contributed by atoms with van der Waals surface area (Å²) in [6, 6.07) is 15.0. The summed E-state index contributed by atoms with van der Waals surface area (Å²) in [5.74, 6) is 4.81. The van der Waals surface area contributed by atoms with Crippen molar-refractivity contribution in [3.63, 3.8) is 0 Å². The summed E-state index contributed by atoms with van der Waals surface area (Å²) in [5, 5.41) is 2.31. The van der Waals surface area contributed by atoms with Gasteiger partial charge in [0.1, 0.15) is 11.6 Å². The lowest BCUT2D eigenvalue weighted by Gasteiger charge is -2.09. The fourth-order valence-corrected chi connectivity index (χ4v) is 2.79. The van der Waals surface area contributed by atoms with E-state index in [0.29, 0.717) is 22.4 Å². The maximum atomic E-state index is 14.5. The van der Waals surface area contributed by atoms with E-state index in [0.717, 1.165) is 5.56 Å². The van der Waals surface area contributed by atoms with Gasteiger partial charge in [0, 0.05) is 5.56 Å². The number of rotatable bonds is 3. The Morgan fingerprint density at radius 3 is 2.20 bits per heavy atom. The molecule has 3 aromatic rings. The smallest absolute Gasteiger partial charge is 0.406 e. The van der Waals surface area contributed by atoms with E-state index < -0.39 is 12.2 Å². The number of benzene rings is 3. The fourth-order valence-electron chi connectivity index (χ4n) is 2.69. The van der Waals surface area contributed by atoms with Gasteiger partial charge in [-0.1, -0.05) is 30.0 Å². The molecule has 0 aromatic heterocycles. The average molecular weight is 427 g/mol. The van der Waals surface area contributed by atoms with Crippen molar-refractivity contribution in [1.29, 1.82) is 0 Å². The van der Waals surface area contributed by atoms with Crippen LogP contribution in [0.3, 0.4) is 0 Å². The molecular weight excluding hydrogens is 414 g/mol. The lowest BCUT2D eigenvalue weighted by molar-refractivity contribution is -0.274. The third-order valence-electron chi connectivity index (χ3n) is 4.09. The zero-order valence-corrected chi connectivity index (χ0v) is 16.4. The van der Waals surface area contributed by atoms with Gasteiger partial charge in [0.05, 0.1) is 16.4 Å². The van der Waals surface area contributed by atoms with Crippen molar-refractivity contribution in [2.45, 2.75) is 13.3 Å². The molecule has 7 heteroatoms. The molecule has 3 rings (SSSR count). The van der Waals surface area contributed by atoms with Crippen LogP contribution in [0.4, 0.5) is 23.2 Å². The molecule has 0 bridgehead atoms. The highest BCUT2D eigenvalue weighted by molar-refractivity contribution is 7.78. The molecule has 30 heavy (non-hydrogen) atoms. The van der Waals surface area contributed by atoms with E-state index in [9.17, 15) is 17.6 Å². The minimum Gasteiger partial charge on any atom is -0.406 e. The summed E-state index contributed by atoms with van der Waals surface area (Å²) in [5.41, 5.74) is 3.52. The van der Waals surface area contributed by atoms with E-state index in [4.69, 9.17) is 0 Å². The van der Waals surface area contributed by atoms with E-state index in [1.165, 1.54) is 36.4 Å². The van der Waals surface area contributed by atoms with Crippen LogP contribution in [0.2, 0.25) is 0 Å². The summed E-state index contributed by atoms with van der Waals surface area (Å²) < 4.78 is 55.0. The number of alkyl halides is 3. The van der Waals surface area contributed by atoms with E-state index in [2.05, 4.69) is 38.9 Å². The molecule has 0 N–H and O–H groups in total. The van der Waals surface area contributed by atoms with Crippen LogP contribution in [0.1, 0.15) is 16.7 Å². The van der Waals surface area contributed by atoms with Gasteiger partial charge in [-0.15, -0.1) is 13.2 Å². The minimum absolute atomic E-state index is 0.203. The molecule has 0 atom stereocenters. The molecule has 150 valence electrons. The third kappa shape index (κ3) is 5.54. The molecule has 0 heterocycles. The molecule has 2 nitrogen and oxygen atoms in total. The van der Waals surface area contributed by atoms with Gasteiger partial charge in [-0.05, 0) is 78.3 Å². The lowest BCUT2D eigenvalue weighted by Crippen LogP contribution is -2.16. The molecule has 0 saturated carbocycles. The van der Waals surface area contributed by atoms with Crippen LogP contribution in [0, 0.1) is 24.6 Å². The highest BCUT2D eigenvalue weighted by Crippen LogP contribution is 2.27. The van der Waals surface area contributed by atoms with Crippen molar-refractivity contribution < 1.29 is 22.3 Å². The molecule has 0 unspecified atom stereocenters. The normalized spacial score (nSPS) is 10.6. The van der Waals surface area contributed by atoms with E-state index in [-0.39, 0.29) is 11.3 Å². The number of aryl methyl sites for hydroxylation is 1. The summed E-state index contributed by atoms with van der Waals surface area (Å²) in [4.78, 5) is 3.93. The van der Waals surface area contributed by atoms with Crippen molar-refractivity contribution in [3.05, 3.63) is 83.2 Å². The first-order chi connectivity index (χ1) is 14.2. The number of hydrogen-bond acceptors (Lipinski definition) is 3. The molecule has 0 aliphatic rings. The second-order valence-electron chi connectivity index (χ2n) is 6.22. The number of halogens is 4. The Hall–Kier alpha value is -3.46. The van der Waals surface area contributed by atoms with Crippen LogP contribution in [0.25, 0.3) is 11.1 Å². The molecular formula is C23H13F4NOS. The molecule has 0 spiro atoms. The number of ether oxygens (including phenoxy) is 1. The van der Waals surface area contributed by atoms with Crippen LogP contribution in [-0.4, -0.2) is 11.5 Å². The summed E-state index contributed by atoms with van der Waals surface area (Å²) >= 11 is 4.59. The molecule has 0 saturated heterocycles. The number of aliphatic imine (C=N–C) groups is 1. The van der Waals surface area contributed by atoms with Gasteiger partial charge in [-0.25, -0.2) is 4.39 Å². The van der Waals surface area contributed by atoms with Crippen molar-refractivity contribution >= 4 is 23.1 Å². The lowest BCUT2D eigenvalue weighted by atomic mass is 10.0. The first kappa shape index (κ1) is 21.3. The molecule has 0 aliphatic heterocycles. The Bertz CT molecular complexity index is 1180. The van der Waals surface area contributed by atoms with Gasteiger partial charge < -0.3 is 4.74 Å². The molecule has 0 amide bonds. The van der Waals surface area contributed by atoms with E-state index in [1.54, 1.807) is 18.2 Å². The van der Waals surface area contributed by atoms with Gasteiger partial charge in [0.15, 0.2) is 0 Å². The maximum Gasteiger partial charge on any atom is 0.573 e. The first-order valence-electron chi connectivity index (χ1n) is 8.61. The third-order valence-corrected chi connectivity index (χ3v) is 4.19. The van der Waals surface area contributed by atoms with Crippen molar-refractivity contribution in [2.75, 3.05) is 0 Å². The number of isothiocyanates is 1. The van der Waals surface area contributed by atoms with Crippen molar-refractivity contribution in [2.24, 2.45) is 4.99 Å². The Labute approximate surface area is 175 Å². The zero-order valence-electron chi connectivity index (χ0n) is 15.5. The monoisotopic (exact) mass is 427 g/mol. The highest BCUT2D eigenvalue weighted by atomic mass is 32.1. The Morgan fingerprint density at radius 2 is 1.60 bits per heavy atom. The van der Waals surface area contributed by atoms with Gasteiger partial charge in [0.2, 0.25) is 0 Å². The second kappa shape index (κ2) is 8.91. The van der Waals surface area contributed by atoms with Gasteiger partial charge in [0.25, 0.3) is 0 Å². The van der Waals surface area contributed by atoms with Crippen LogP contribution in [0.5, 0.6) is 5.75 Å². The first-order valence-corrected chi connectivity index (χ1v) is 9.02. The van der Waals surface area contributed by atoms with E-state index in [1.807, 2.05) is 13.0 Å². The van der Waals surface area contributed by atoms with Gasteiger partial charge in [-0.3, -0.25) is 0 Å². The summed E-state index contributed by atoms with van der Waals surface area (Å²) in [6.07, 6.45) is -4.76. The summed E-state index contributed by atoms with van der Waals surface area (Å²) in [7, 11) is 0. The summed E-state index contributed by atoms with van der Waals surface area (Å²) in [6.45, 7) is 1.86. The van der Waals surface area contributed by atoms with Crippen molar-refractivity contribution in [1.82, 2.24) is 0 Å². The zero-order chi connectivity index (χ0) is 21.7. The quantitative estimate of drug-likeness (QED) is 0.198. The molecule has 3 aromatic carbocycles. The number of hydrogen-bond donors (Lipinski definition) is 0. The van der Waals surface area contributed by atoms with Crippen LogP contribution >= 0.6 is 12.2 Å². The average Bonchev–Trinajstić information content (AvgIpc) is 2.68. The molecule has 0 radical (unpaired) electrons. The van der Waals surface area contributed by atoms with Crippen molar-refractivity contribution in [3.8, 4) is 28.7 Å². The Morgan fingerprint density at radius 1 is 0.900 bits per heavy atom. The predicted octanol–water partition coefficient (Wildman–Crippen LogP) is 6.83. The number of nitrogens with zero attached hydrogens (tertiary/aromatic N) is 1. The fraction of sp³-hybridized carbons (Fsp3) is 0.0870. The van der Waals surface area contributed by atoms with Gasteiger partial charge in [-0.2, -0.15) is 4.99 Å².